The molecule has 0 aliphatic rings. The molecule has 2 rings (SSSR count). The summed E-state index contributed by atoms with van der Waals surface area (Å²) >= 11 is 13.6. The molecule has 0 aromatic heterocycles. The van der Waals surface area contributed by atoms with Crippen molar-refractivity contribution in [3.63, 3.8) is 0 Å². The van der Waals surface area contributed by atoms with Crippen molar-refractivity contribution in [2.45, 2.75) is 38.5 Å². The number of carbonyl (C=O) groups is 2. The predicted octanol–water partition coefficient (Wildman–Crippen LogP) is 5.21. The second kappa shape index (κ2) is 12.9. The van der Waals surface area contributed by atoms with Crippen molar-refractivity contribution in [2.24, 2.45) is 0 Å². The molecule has 0 aliphatic heterocycles. The van der Waals surface area contributed by atoms with Crippen LogP contribution in [0.3, 0.4) is 0 Å². The summed E-state index contributed by atoms with van der Waals surface area (Å²) in [6.45, 7) is 4.88. The number of benzene rings is 2. The molecule has 2 aromatic carbocycles. The first-order valence-corrected chi connectivity index (χ1v) is 12.0. The molecule has 0 unspecified atom stereocenters. The highest BCUT2D eigenvalue weighted by molar-refractivity contribution is 7.99. The van der Waals surface area contributed by atoms with E-state index in [-0.39, 0.29) is 17.6 Å². The molecule has 0 saturated heterocycles. The van der Waals surface area contributed by atoms with Gasteiger partial charge < -0.3 is 10.2 Å². The number of thioether (sulfide) groups is 1. The Balaban J connectivity index is 1.99. The molecular weight excluding hydrogens is 439 g/mol. The summed E-state index contributed by atoms with van der Waals surface area (Å²) < 4.78 is 0. The van der Waals surface area contributed by atoms with Crippen molar-refractivity contribution in [3.05, 3.63) is 69.7 Å². The number of halogens is 2. The monoisotopic (exact) mass is 466 g/mol. The number of nitrogens with zero attached hydrogens (tertiary/aromatic N) is 1. The van der Waals surface area contributed by atoms with Crippen LogP contribution in [0, 0.1) is 0 Å². The van der Waals surface area contributed by atoms with Crippen LogP contribution < -0.4 is 5.32 Å². The number of nitrogens with one attached hydrogen (secondary N) is 1. The lowest BCUT2D eigenvalue weighted by Gasteiger charge is -2.28. The van der Waals surface area contributed by atoms with Crippen LogP contribution in [0.2, 0.25) is 10.0 Å². The van der Waals surface area contributed by atoms with Crippen LogP contribution in [0.25, 0.3) is 0 Å². The molecule has 0 saturated carbocycles. The van der Waals surface area contributed by atoms with E-state index in [1.807, 2.05) is 43.3 Å². The van der Waals surface area contributed by atoms with Gasteiger partial charge in [-0.05, 0) is 43.0 Å². The molecule has 0 bridgehead atoms. The van der Waals surface area contributed by atoms with E-state index >= 15 is 0 Å². The van der Waals surface area contributed by atoms with Gasteiger partial charge in [0.15, 0.2) is 0 Å². The zero-order valence-electron chi connectivity index (χ0n) is 17.4. The van der Waals surface area contributed by atoms with Gasteiger partial charge in [-0.3, -0.25) is 9.59 Å². The molecule has 0 radical (unpaired) electrons. The van der Waals surface area contributed by atoms with E-state index < -0.39 is 6.04 Å². The fourth-order valence-corrected chi connectivity index (χ4v) is 4.40. The third-order valence-corrected chi connectivity index (χ3v) is 6.25. The third kappa shape index (κ3) is 7.86. The van der Waals surface area contributed by atoms with Gasteiger partial charge in [0.25, 0.3) is 0 Å². The zero-order valence-corrected chi connectivity index (χ0v) is 19.7. The topological polar surface area (TPSA) is 49.4 Å². The van der Waals surface area contributed by atoms with Crippen LogP contribution in [0.4, 0.5) is 0 Å². The summed E-state index contributed by atoms with van der Waals surface area (Å²) in [7, 11) is 0. The van der Waals surface area contributed by atoms with Crippen molar-refractivity contribution in [1.29, 1.82) is 0 Å². The Morgan fingerprint density at radius 3 is 2.53 bits per heavy atom. The maximum absolute atomic E-state index is 13.0. The van der Waals surface area contributed by atoms with Crippen LogP contribution in [0.15, 0.2) is 48.5 Å². The van der Waals surface area contributed by atoms with Crippen molar-refractivity contribution < 1.29 is 9.59 Å². The average molecular weight is 467 g/mol. The summed E-state index contributed by atoms with van der Waals surface area (Å²) in [6.07, 6.45) is 1.56. The number of carbonyl (C=O) groups excluding carboxylic acids is 2. The predicted molar refractivity (Wildman–Crippen MR) is 127 cm³/mol. The van der Waals surface area contributed by atoms with Gasteiger partial charge in [-0.15, -0.1) is 11.8 Å². The first kappa shape index (κ1) is 24.6. The molecule has 30 heavy (non-hydrogen) atoms. The average Bonchev–Trinajstić information content (AvgIpc) is 2.74. The van der Waals surface area contributed by atoms with E-state index in [0.29, 0.717) is 35.3 Å². The molecule has 0 heterocycles. The number of amides is 2. The Labute approximate surface area is 193 Å². The van der Waals surface area contributed by atoms with Crippen molar-refractivity contribution in [2.75, 3.05) is 18.8 Å². The molecule has 4 nitrogen and oxygen atoms in total. The molecule has 2 amide bonds. The highest BCUT2D eigenvalue weighted by Crippen LogP contribution is 2.25. The van der Waals surface area contributed by atoms with Crippen LogP contribution in [-0.4, -0.2) is 41.6 Å². The van der Waals surface area contributed by atoms with E-state index in [9.17, 15) is 9.59 Å². The number of hydrogen-bond donors (Lipinski definition) is 1. The van der Waals surface area contributed by atoms with Crippen LogP contribution >= 0.6 is 35.0 Å². The summed E-state index contributed by atoms with van der Waals surface area (Å²) in [5.74, 6) is 0.702. The van der Waals surface area contributed by atoms with Gasteiger partial charge in [0.2, 0.25) is 11.8 Å². The second-order valence-corrected chi connectivity index (χ2v) is 8.85. The minimum Gasteiger partial charge on any atom is -0.354 e. The normalized spacial score (nSPS) is 11.7. The maximum Gasteiger partial charge on any atom is 0.242 e. The van der Waals surface area contributed by atoms with E-state index in [4.69, 9.17) is 23.2 Å². The summed E-state index contributed by atoms with van der Waals surface area (Å²) in [6, 6.07) is 14.8. The Morgan fingerprint density at radius 1 is 1.13 bits per heavy atom. The largest absolute Gasteiger partial charge is 0.354 e. The third-order valence-electron chi connectivity index (χ3n) is 4.70. The molecule has 1 atom stereocenters. The van der Waals surface area contributed by atoms with Crippen LogP contribution in [-0.2, 0) is 21.8 Å². The highest BCUT2D eigenvalue weighted by Gasteiger charge is 2.25. The minimum absolute atomic E-state index is 0.0554. The van der Waals surface area contributed by atoms with Gasteiger partial charge in [0, 0.05) is 28.9 Å². The standard InChI is InChI=1S/C23H28Cl2N2O2S/c1-3-12-26-23(29)17(2)27(13-11-18-7-5-4-6-8-18)22(28)16-30-15-19-9-10-20(24)14-21(19)25/h4-10,14,17H,3,11-13,15-16H2,1-2H3,(H,26,29)/t17-/m0/s1. The van der Waals surface area contributed by atoms with E-state index in [0.717, 1.165) is 17.5 Å². The first-order chi connectivity index (χ1) is 14.4. The molecule has 0 aliphatic carbocycles. The smallest absolute Gasteiger partial charge is 0.242 e. The van der Waals surface area contributed by atoms with E-state index in [1.165, 1.54) is 11.8 Å². The molecule has 7 heteroatoms. The fourth-order valence-electron chi connectivity index (χ4n) is 2.94. The number of rotatable bonds is 11. The van der Waals surface area contributed by atoms with Crippen molar-refractivity contribution in [3.8, 4) is 0 Å². The lowest BCUT2D eigenvalue weighted by Crippen LogP contribution is -2.49. The summed E-state index contributed by atoms with van der Waals surface area (Å²) in [4.78, 5) is 27.1. The quantitative estimate of drug-likeness (QED) is 0.494. The molecule has 1 N–H and O–H groups in total. The van der Waals surface area contributed by atoms with Gasteiger partial charge in [-0.1, -0.05) is 66.5 Å². The van der Waals surface area contributed by atoms with E-state index in [2.05, 4.69) is 5.32 Å². The Morgan fingerprint density at radius 2 is 1.87 bits per heavy atom. The van der Waals surface area contributed by atoms with E-state index in [1.54, 1.807) is 24.0 Å². The minimum atomic E-state index is -0.521. The Kier molecular flexibility index (Phi) is 10.6. The molecule has 162 valence electrons. The first-order valence-electron chi connectivity index (χ1n) is 10.0. The fraction of sp³-hybridized carbons (Fsp3) is 0.391. The second-order valence-electron chi connectivity index (χ2n) is 7.02. The summed E-state index contributed by atoms with van der Waals surface area (Å²) in [5.41, 5.74) is 2.07. The lowest BCUT2D eigenvalue weighted by atomic mass is 10.1. The van der Waals surface area contributed by atoms with Crippen LogP contribution in [0.1, 0.15) is 31.4 Å². The summed E-state index contributed by atoms with van der Waals surface area (Å²) in [5, 5.41) is 4.07. The highest BCUT2D eigenvalue weighted by atomic mass is 35.5. The van der Waals surface area contributed by atoms with Gasteiger partial charge in [-0.2, -0.15) is 0 Å². The van der Waals surface area contributed by atoms with Gasteiger partial charge >= 0.3 is 0 Å². The van der Waals surface area contributed by atoms with Gasteiger partial charge in [0.05, 0.1) is 5.75 Å². The molecule has 2 aromatic rings. The lowest BCUT2D eigenvalue weighted by molar-refractivity contribution is -0.137. The zero-order chi connectivity index (χ0) is 21.9. The van der Waals surface area contributed by atoms with Crippen molar-refractivity contribution >= 4 is 46.8 Å². The maximum atomic E-state index is 13.0. The Hall–Kier alpha value is -1.69. The van der Waals surface area contributed by atoms with Gasteiger partial charge in [0.1, 0.15) is 6.04 Å². The van der Waals surface area contributed by atoms with Crippen molar-refractivity contribution in [1.82, 2.24) is 10.2 Å². The van der Waals surface area contributed by atoms with Gasteiger partial charge in [-0.25, -0.2) is 0 Å². The van der Waals surface area contributed by atoms with Crippen LogP contribution in [0.5, 0.6) is 0 Å². The number of hydrogen-bond acceptors (Lipinski definition) is 3. The SMILES string of the molecule is CCCNC(=O)[C@H](C)N(CCc1ccccc1)C(=O)CSCc1ccc(Cl)cc1Cl. The molecule has 0 spiro atoms. The molecule has 0 fully saturated rings. The molecular formula is C23H28Cl2N2O2S. The Bertz CT molecular complexity index is 833.